The van der Waals surface area contributed by atoms with E-state index in [0.29, 0.717) is 0 Å². The predicted octanol–water partition coefficient (Wildman–Crippen LogP) is 1.77. The maximum Gasteiger partial charge on any atom is 0.126 e. The van der Waals surface area contributed by atoms with Crippen LogP contribution in [0.5, 0.6) is 0 Å². The molecule has 0 bridgehead atoms. The van der Waals surface area contributed by atoms with Crippen molar-refractivity contribution in [2.75, 3.05) is 0 Å². The molecule has 0 saturated heterocycles. The van der Waals surface area contributed by atoms with Crippen molar-refractivity contribution in [2.24, 2.45) is 5.73 Å². The first-order valence-corrected chi connectivity index (χ1v) is 3.82. The van der Waals surface area contributed by atoms with E-state index in [1.54, 1.807) is 6.07 Å². The lowest BCUT2D eigenvalue weighted by Gasteiger charge is -2.03. The van der Waals surface area contributed by atoms with Crippen LogP contribution in [0.2, 0.25) is 0 Å². The molecule has 2 N–H and O–H groups in total. The van der Waals surface area contributed by atoms with Crippen molar-refractivity contribution in [3.63, 3.8) is 0 Å². The van der Waals surface area contributed by atoms with Crippen molar-refractivity contribution < 1.29 is 4.39 Å². The quantitative estimate of drug-likeness (QED) is 0.600. The fourth-order valence-corrected chi connectivity index (χ4v) is 1.64. The summed E-state index contributed by atoms with van der Waals surface area (Å²) in [6, 6.07) is 5.19. The minimum Gasteiger partial charge on any atom is -0.324 e. The molecule has 0 aromatic heterocycles. The Morgan fingerprint density at radius 1 is 1.45 bits per heavy atom. The Hall–Kier alpha value is -0.890. The topological polar surface area (TPSA) is 26.0 Å². The molecule has 58 valence electrons. The zero-order valence-electron chi connectivity index (χ0n) is 6.18. The van der Waals surface area contributed by atoms with Crippen LogP contribution in [-0.4, -0.2) is 0 Å². The second-order valence-electron chi connectivity index (χ2n) is 2.95. The van der Waals surface area contributed by atoms with E-state index in [4.69, 9.17) is 5.73 Å². The van der Waals surface area contributed by atoms with Crippen molar-refractivity contribution in [2.45, 2.75) is 18.9 Å². The molecule has 1 aromatic carbocycles. The average molecular weight is 151 g/mol. The van der Waals surface area contributed by atoms with Gasteiger partial charge in [0.25, 0.3) is 0 Å². The second-order valence-corrected chi connectivity index (χ2v) is 2.95. The van der Waals surface area contributed by atoms with Gasteiger partial charge in [-0.25, -0.2) is 4.39 Å². The Bertz CT molecular complexity index is 283. The van der Waals surface area contributed by atoms with Crippen molar-refractivity contribution in [3.8, 4) is 0 Å². The van der Waals surface area contributed by atoms with Gasteiger partial charge in [0.2, 0.25) is 0 Å². The number of halogens is 1. The van der Waals surface area contributed by atoms with Crippen LogP contribution in [0.3, 0.4) is 0 Å². The molecule has 11 heavy (non-hydrogen) atoms. The molecule has 1 atom stereocenters. The van der Waals surface area contributed by atoms with E-state index in [1.807, 2.05) is 6.07 Å². The lowest BCUT2D eigenvalue weighted by atomic mass is 10.1. The lowest BCUT2D eigenvalue weighted by Crippen LogP contribution is -2.04. The molecule has 0 saturated carbocycles. The maximum absolute atomic E-state index is 13.0. The Balaban J connectivity index is 2.57. The summed E-state index contributed by atoms with van der Waals surface area (Å²) in [7, 11) is 0. The molecule has 0 unspecified atom stereocenters. The van der Waals surface area contributed by atoms with Crippen molar-refractivity contribution in [1.82, 2.24) is 0 Å². The van der Waals surface area contributed by atoms with Gasteiger partial charge in [-0.15, -0.1) is 0 Å². The van der Waals surface area contributed by atoms with Gasteiger partial charge in [0, 0.05) is 6.04 Å². The third kappa shape index (κ3) is 0.942. The molecule has 1 nitrogen and oxygen atoms in total. The third-order valence-electron chi connectivity index (χ3n) is 2.26. The van der Waals surface area contributed by atoms with Gasteiger partial charge in [-0.3, -0.25) is 0 Å². The molecule has 2 heteroatoms. The first-order chi connectivity index (χ1) is 5.29. The fraction of sp³-hybridized carbons (Fsp3) is 0.333. The SMILES string of the molecule is N[C@H]1CCc2c(F)cccc21. The highest BCUT2D eigenvalue weighted by Crippen LogP contribution is 2.30. The van der Waals surface area contributed by atoms with Crippen LogP contribution >= 0.6 is 0 Å². The van der Waals surface area contributed by atoms with Gasteiger partial charge in [0.1, 0.15) is 5.82 Å². The van der Waals surface area contributed by atoms with E-state index < -0.39 is 0 Å². The zero-order chi connectivity index (χ0) is 7.84. The van der Waals surface area contributed by atoms with Crippen LogP contribution in [-0.2, 0) is 6.42 Å². The predicted molar refractivity (Wildman–Crippen MR) is 41.6 cm³/mol. The van der Waals surface area contributed by atoms with Crippen molar-refractivity contribution in [1.29, 1.82) is 0 Å². The van der Waals surface area contributed by atoms with E-state index in [9.17, 15) is 4.39 Å². The maximum atomic E-state index is 13.0. The summed E-state index contributed by atoms with van der Waals surface area (Å²) in [5, 5.41) is 0. The molecule has 0 radical (unpaired) electrons. The third-order valence-corrected chi connectivity index (χ3v) is 2.26. The van der Waals surface area contributed by atoms with Gasteiger partial charge in [-0.05, 0) is 30.0 Å². The highest BCUT2D eigenvalue weighted by Gasteiger charge is 2.20. The number of hydrogen-bond donors (Lipinski definition) is 1. The van der Waals surface area contributed by atoms with E-state index in [-0.39, 0.29) is 11.9 Å². The highest BCUT2D eigenvalue weighted by atomic mass is 19.1. The molecule has 1 aromatic rings. The summed E-state index contributed by atoms with van der Waals surface area (Å²) in [6.07, 6.45) is 1.68. The summed E-state index contributed by atoms with van der Waals surface area (Å²) < 4.78 is 13.0. The van der Waals surface area contributed by atoms with Crippen LogP contribution < -0.4 is 5.73 Å². The van der Waals surface area contributed by atoms with E-state index in [2.05, 4.69) is 0 Å². The van der Waals surface area contributed by atoms with Crippen LogP contribution in [0.1, 0.15) is 23.6 Å². The summed E-state index contributed by atoms with van der Waals surface area (Å²) in [5.74, 6) is -0.101. The van der Waals surface area contributed by atoms with Gasteiger partial charge in [0.05, 0.1) is 0 Å². The van der Waals surface area contributed by atoms with Crippen LogP contribution in [0.25, 0.3) is 0 Å². The number of rotatable bonds is 0. The van der Waals surface area contributed by atoms with Gasteiger partial charge in [-0.1, -0.05) is 12.1 Å². The summed E-state index contributed by atoms with van der Waals surface area (Å²) in [4.78, 5) is 0. The lowest BCUT2D eigenvalue weighted by molar-refractivity contribution is 0.612. The summed E-state index contributed by atoms with van der Waals surface area (Å²) in [6.45, 7) is 0. The molecule has 0 amide bonds. The zero-order valence-corrected chi connectivity index (χ0v) is 6.18. The van der Waals surface area contributed by atoms with Crippen molar-refractivity contribution >= 4 is 0 Å². The molecular formula is C9H10FN. The van der Waals surface area contributed by atoms with Gasteiger partial charge in [-0.2, -0.15) is 0 Å². The smallest absolute Gasteiger partial charge is 0.126 e. The molecule has 0 fully saturated rings. The van der Waals surface area contributed by atoms with Gasteiger partial charge in [0.15, 0.2) is 0 Å². The molecular weight excluding hydrogens is 141 g/mol. The summed E-state index contributed by atoms with van der Waals surface area (Å²) >= 11 is 0. The van der Waals surface area contributed by atoms with E-state index in [0.717, 1.165) is 24.0 Å². The standard InChI is InChI=1S/C9H10FN/c10-8-3-1-2-7-6(8)4-5-9(7)11/h1-3,9H,4-5,11H2/t9-/m0/s1. The van der Waals surface area contributed by atoms with Crippen LogP contribution in [0.4, 0.5) is 4.39 Å². The van der Waals surface area contributed by atoms with Crippen LogP contribution in [0, 0.1) is 5.82 Å². The number of hydrogen-bond acceptors (Lipinski definition) is 1. The van der Waals surface area contributed by atoms with Gasteiger partial charge < -0.3 is 5.73 Å². The monoisotopic (exact) mass is 151 g/mol. The molecule has 2 rings (SSSR count). The highest BCUT2D eigenvalue weighted by molar-refractivity contribution is 5.35. The number of fused-ring (bicyclic) bond motifs is 1. The minimum absolute atomic E-state index is 0.0562. The second kappa shape index (κ2) is 2.31. The molecule has 0 spiro atoms. The Morgan fingerprint density at radius 2 is 2.27 bits per heavy atom. The number of nitrogens with two attached hydrogens (primary N) is 1. The van der Waals surface area contributed by atoms with Crippen molar-refractivity contribution in [3.05, 3.63) is 35.1 Å². The average Bonchev–Trinajstić information content (AvgIpc) is 2.35. The minimum atomic E-state index is -0.101. The molecule has 1 aliphatic rings. The molecule has 0 aliphatic heterocycles. The molecule has 0 heterocycles. The molecule has 1 aliphatic carbocycles. The number of benzene rings is 1. The van der Waals surface area contributed by atoms with Gasteiger partial charge >= 0.3 is 0 Å². The fourth-order valence-electron chi connectivity index (χ4n) is 1.64. The Kier molecular flexibility index (Phi) is 1.43. The first-order valence-electron chi connectivity index (χ1n) is 3.82. The normalized spacial score (nSPS) is 21.8. The van der Waals surface area contributed by atoms with E-state index >= 15 is 0 Å². The Labute approximate surface area is 65.0 Å². The first kappa shape index (κ1) is 6.80. The Morgan fingerprint density at radius 3 is 3.00 bits per heavy atom. The largest absolute Gasteiger partial charge is 0.324 e. The summed E-state index contributed by atoms with van der Waals surface area (Å²) in [5.41, 5.74) is 7.56. The van der Waals surface area contributed by atoms with Crippen LogP contribution in [0.15, 0.2) is 18.2 Å². The van der Waals surface area contributed by atoms with E-state index in [1.165, 1.54) is 6.07 Å².